The number of rotatable bonds is 10. The summed E-state index contributed by atoms with van der Waals surface area (Å²) in [6, 6.07) is 10.2. The molecule has 7 heteroatoms. The zero-order valence-corrected chi connectivity index (χ0v) is 18.8. The number of hydrogen-bond acceptors (Lipinski definition) is 4. The zero-order valence-electron chi connectivity index (χ0n) is 16.5. The summed E-state index contributed by atoms with van der Waals surface area (Å²) in [4.78, 5) is 4.67. The summed E-state index contributed by atoms with van der Waals surface area (Å²) in [5.41, 5.74) is 3.28. The van der Waals surface area contributed by atoms with Crippen molar-refractivity contribution in [2.75, 3.05) is 19.7 Å². The third-order valence-electron chi connectivity index (χ3n) is 4.00. The molecule has 27 heavy (non-hydrogen) atoms. The maximum atomic E-state index is 5.70. The predicted molar refractivity (Wildman–Crippen MR) is 120 cm³/mol. The molecule has 2 rings (SSSR count). The van der Waals surface area contributed by atoms with Gasteiger partial charge in [-0.2, -0.15) is 0 Å². The average Bonchev–Trinajstić information content (AvgIpc) is 3.08. The van der Waals surface area contributed by atoms with Crippen LogP contribution >= 0.6 is 24.0 Å². The van der Waals surface area contributed by atoms with Crippen molar-refractivity contribution in [1.29, 1.82) is 0 Å². The van der Waals surface area contributed by atoms with E-state index in [1.54, 1.807) is 0 Å². The van der Waals surface area contributed by atoms with Crippen LogP contribution in [0, 0.1) is 0 Å². The number of halogens is 1. The van der Waals surface area contributed by atoms with E-state index in [1.165, 1.54) is 5.56 Å². The fourth-order valence-corrected chi connectivity index (χ4v) is 2.62. The quantitative estimate of drug-likeness (QED) is 0.232. The van der Waals surface area contributed by atoms with Crippen LogP contribution in [-0.2, 0) is 30.7 Å². The van der Waals surface area contributed by atoms with Crippen molar-refractivity contribution in [3.8, 4) is 0 Å². The molecule has 1 heterocycles. The maximum Gasteiger partial charge on any atom is 0.191 e. The molecule has 0 saturated heterocycles. The number of aromatic nitrogens is 1. The highest BCUT2D eigenvalue weighted by molar-refractivity contribution is 14.0. The van der Waals surface area contributed by atoms with Gasteiger partial charge in [-0.3, -0.25) is 0 Å². The molecule has 0 spiro atoms. The van der Waals surface area contributed by atoms with E-state index in [1.807, 2.05) is 18.2 Å². The molecule has 2 aromatic rings. The van der Waals surface area contributed by atoms with E-state index in [0.717, 1.165) is 42.4 Å². The number of nitrogens with zero attached hydrogens (tertiary/aromatic N) is 2. The second-order valence-electron chi connectivity index (χ2n) is 5.90. The molecule has 0 amide bonds. The van der Waals surface area contributed by atoms with Gasteiger partial charge < -0.3 is 19.9 Å². The van der Waals surface area contributed by atoms with Gasteiger partial charge in [0.25, 0.3) is 0 Å². The lowest BCUT2D eigenvalue weighted by Crippen LogP contribution is -2.39. The first-order chi connectivity index (χ1) is 12.8. The summed E-state index contributed by atoms with van der Waals surface area (Å²) in [7, 11) is 0. The average molecular weight is 486 g/mol. The molecule has 1 aromatic heterocycles. The largest absolute Gasteiger partial charge is 0.375 e. The van der Waals surface area contributed by atoms with Gasteiger partial charge in [0.15, 0.2) is 5.96 Å². The Morgan fingerprint density at radius 1 is 1.11 bits per heavy atom. The fraction of sp³-hybridized carbons (Fsp3) is 0.500. The highest BCUT2D eigenvalue weighted by atomic mass is 127. The normalized spacial score (nSPS) is 11.1. The first kappa shape index (κ1) is 23.4. The van der Waals surface area contributed by atoms with Crippen LogP contribution in [0.15, 0.2) is 39.8 Å². The highest BCUT2D eigenvalue weighted by Gasteiger charge is 2.12. The SMILES string of the molecule is CCNC(=NCc1c(CC)noc1CC)NCCOCc1ccccc1.I. The first-order valence-electron chi connectivity index (χ1n) is 9.38. The molecule has 0 aliphatic carbocycles. The Balaban J connectivity index is 0.00000364. The van der Waals surface area contributed by atoms with E-state index in [4.69, 9.17) is 9.26 Å². The Morgan fingerprint density at radius 3 is 2.56 bits per heavy atom. The minimum absolute atomic E-state index is 0. The molecule has 150 valence electrons. The van der Waals surface area contributed by atoms with Crippen molar-refractivity contribution in [3.05, 3.63) is 52.9 Å². The summed E-state index contributed by atoms with van der Waals surface area (Å²) < 4.78 is 11.1. The second-order valence-corrected chi connectivity index (χ2v) is 5.90. The number of aryl methyl sites for hydroxylation is 2. The molecule has 1 aromatic carbocycles. The van der Waals surface area contributed by atoms with Gasteiger partial charge in [-0.05, 0) is 18.9 Å². The third kappa shape index (κ3) is 7.88. The molecular formula is C20H31IN4O2. The Kier molecular flexibility index (Phi) is 11.8. The van der Waals surface area contributed by atoms with Crippen LogP contribution in [-0.4, -0.2) is 30.8 Å². The van der Waals surface area contributed by atoms with E-state index in [0.29, 0.717) is 26.3 Å². The van der Waals surface area contributed by atoms with Gasteiger partial charge in [-0.1, -0.05) is 49.3 Å². The molecule has 6 nitrogen and oxygen atoms in total. The number of nitrogens with one attached hydrogen (secondary N) is 2. The van der Waals surface area contributed by atoms with Crippen LogP contribution in [0.1, 0.15) is 43.4 Å². The first-order valence-corrected chi connectivity index (χ1v) is 9.38. The van der Waals surface area contributed by atoms with Crippen LogP contribution < -0.4 is 10.6 Å². The number of benzene rings is 1. The van der Waals surface area contributed by atoms with Gasteiger partial charge in [-0.15, -0.1) is 24.0 Å². The Bertz CT molecular complexity index is 652. The van der Waals surface area contributed by atoms with Crippen molar-refractivity contribution in [2.24, 2.45) is 4.99 Å². The molecule has 0 atom stereocenters. The molecule has 0 bridgehead atoms. The molecule has 0 saturated carbocycles. The number of hydrogen-bond donors (Lipinski definition) is 2. The van der Waals surface area contributed by atoms with E-state index < -0.39 is 0 Å². The molecular weight excluding hydrogens is 455 g/mol. The van der Waals surface area contributed by atoms with Crippen molar-refractivity contribution in [3.63, 3.8) is 0 Å². The lowest BCUT2D eigenvalue weighted by Gasteiger charge is -2.11. The number of aliphatic imine (C=N–C) groups is 1. The smallest absolute Gasteiger partial charge is 0.191 e. The van der Waals surface area contributed by atoms with Gasteiger partial charge in [0.05, 0.1) is 25.5 Å². The Labute approximate surface area is 179 Å². The van der Waals surface area contributed by atoms with Crippen LogP contribution in [0.3, 0.4) is 0 Å². The summed E-state index contributed by atoms with van der Waals surface area (Å²) >= 11 is 0. The summed E-state index contributed by atoms with van der Waals surface area (Å²) in [5.74, 6) is 1.70. The number of guanidine groups is 1. The van der Waals surface area contributed by atoms with Crippen LogP contribution in [0.25, 0.3) is 0 Å². The van der Waals surface area contributed by atoms with Gasteiger partial charge in [0.1, 0.15) is 5.76 Å². The second kappa shape index (κ2) is 13.5. The lowest BCUT2D eigenvalue weighted by molar-refractivity contribution is 0.125. The van der Waals surface area contributed by atoms with Crippen molar-refractivity contribution in [2.45, 2.75) is 46.8 Å². The molecule has 0 radical (unpaired) electrons. The van der Waals surface area contributed by atoms with E-state index in [2.05, 4.69) is 53.7 Å². The molecule has 2 N–H and O–H groups in total. The van der Waals surface area contributed by atoms with Gasteiger partial charge >= 0.3 is 0 Å². The molecule has 0 aliphatic heterocycles. The molecule has 0 aliphatic rings. The fourth-order valence-electron chi connectivity index (χ4n) is 2.62. The minimum Gasteiger partial charge on any atom is -0.375 e. The van der Waals surface area contributed by atoms with E-state index in [9.17, 15) is 0 Å². The Morgan fingerprint density at radius 2 is 1.89 bits per heavy atom. The van der Waals surface area contributed by atoms with Crippen molar-refractivity contribution in [1.82, 2.24) is 15.8 Å². The topological polar surface area (TPSA) is 71.7 Å². The van der Waals surface area contributed by atoms with Gasteiger partial charge in [0.2, 0.25) is 0 Å². The number of ether oxygens (including phenoxy) is 1. The van der Waals surface area contributed by atoms with Gasteiger partial charge in [-0.25, -0.2) is 4.99 Å². The Hall–Kier alpha value is -1.61. The summed E-state index contributed by atoms with van der Waals surface area (Å²) in [5, 5.41) is 10.7. The minimum atomic E-state index is 0. The van der Waals surface area contributed by atoms with Gasteiger partial charge in [0, 0.05) is 25.1 Å². The lowest BCUT2D eigenvalue weighted by atomic mass is 10.1. The summed E-state index contributed by atoms with van der Waals surface area (Å²) in [6.07, 6.45) is 1.68. The van der Waals surface area contributed by atoms with Crippen LogP contribution in [0.4, 0.5) is 0 Å². The molecule has 0 fully saturated rings. The highest BCUT2D eigenvalue weighted by Crippen LogP contribution is 2.16. The molecule has 0 unspecified atom stereocenters. The van der Waals surface area contributed by atoms with Crippen LogP contribution in [0.2, 0.25) is 0 Å². The predicted octanol–water partition coefficient (Wildman–Crippen LogP) is 3.69. The van der Waals surface area contributed by atoms with Crippen LogP contribution in [0.5, 0.6) is 0 Å². The maximum absolute atomic E-state index is 5.70. The third-order valence-corrected chi connectivity index (χ3v) is 4.00. The monoisotopic (exact) mass is 486 g/mol. The summed E-state index contributed by atoms with van der Waals surface area (Å²) in [6.45, 7) is 9.51. The van der Waals surface area contributed by atoms with Crippen molar-refractivity contribution < 1.29 is 9.26 Å². The van der Waals surface area contributed by atoms with Crippen molar-refractivity contribution >= 4 is 29.9 Å². The van der Waals surface area contributed by atoms with E-state index in [-0.39, 0.29) is 24.0 Å². The standard InChI is InChI=1S/C20H30N4O2.HI/c1-4-18-17(19(5-2)26-24-18)14-23-20(21-6-3)22-12-13-25-15-16-10-8-7-9-11-16;/h7-11H,4-6,12-15H2,1-3H3,(H2,21,22,23);1H. The van der Waals surface area contributed by atoms with E-state index >= 15 is 0 Å². The zero-order chi connectivity index (χ0) is 18.6.